The monoisotopic (exact) mass is 242 g/mol. The normalized spacial score (nSPS) is 19.1. The summed E-state index contributed by atoms with van der Waals surface area (Å²) >= 11 is 0. The van der Waals surface area contributed by atoms with Crippen molar-refractivity contribution < 1.29 is 4.79 Å². The molecule has 5 heteroatoms. The van der Waals surface area contributed by atoms with Gasteiger partial charge in [0.15, 0.2) is 0 Å². The number of carbonyl (C=O) groups is 1. The van der Waals surface area contributed by atoms with E-state index in [0.717, 1.165) is 52.2 Å². The molecule has 1 unspecified atom stereocenters. The zero-order valence-corrected chi connectivity index (χ0v) is 11.1. The Hall–Kier alpha value is -0.810. The van der Waals surface area contributed by atoms with Gasteiger partial charge in [0, 0.05) is 39.3 Å². The molecule has 1 heterocycles. The Morgan fingerprint density at radius 2 is 2.00 bits per heavy atom. The van der Waals surface area contributed by atoms with Crippen molar-refractivity contribution in [3.05, 3.63) is 0 Å². The van der Waals surface area contributed by atoms with Gasteiger partial charge in [-0.1, -0.05) is 13.8 Å². The molecule has 1 aliphatic heterocycles. The molecular weight excluding hydrogens is 216 g/mol. The second-order valence-electron chi connectivity index (χ2n) is 4.86. The summed E-state index contributed by atoms with van der Waals surface area (Å²) in [5.74, 6) is 0.537. The zero-order valence-electron chi connectivity index (χ0n) is 11.1. The third kappa shape index (κ3) is 4.91. The van der Waals surface area contributed by atoms with Gasteiger partial charge in [-0.25, -0.2) is 4.79 Å². The van der Waals surface area contributed by atoms with Crippen molar-refractivity contribution in [3.8, 4) is 0 Å². The molecule has 0 bridgehead atoms. The molecule has 3 N–H and O–H groups in total. The van der Waals surface area contributed by atoms with Gasteiger partial charge in [-0.15, -0.1) is 0 Å². The standard InChI is InChI=1S/C12H26N4O/c1-3-4-14-12(17)16-7-5-15(6-8-16)10-11(2)9-13/h11H,3-10,13H2,1-2H3,(H,14,17). The quantitative estimate of drug-likeness (QED) is 0.730. The summed E-state index contributed by atoms with van der Waals surface area (Å²) in [6.07, 6.45) is 0.986. The predicted octanol–water partition coefficient (Wildman–Crippen LogP) is 0.318. The van der Waals surface area contributed by atoms with Gasteiger partial charge in [-0.05, 0) is 18.9 Å². The summed E-state index contributed by atoms with van der Waals surface area (Å²) in [4.78, 5) is 16.0. The molecule has 17 heavy (non-hydrogen) atoms. The van der Waals surface area contributed by atoms with Crippen molar-refractivity contribution in [1.29, 1.82) is 0 Å². The molecule has 100 valence electrons. The molecule has 1 aliphatic rings. The Bertz CT molecular complexity index is 227. The van der Waals surface area contributed by atoms with Crippen LogP contribution in [-0.4, -0.2) is 61.6 Å². The number of carbonyl (C=O) groups excluding carboxylic acids is 1. The topological polar surface area (TPSA) is 61.6 Å². The third-order valence-electron chi connectivity index (χ3n) is 3.16. The molecule has 0 radical (unpaired) electrons. The van der Waals surface area contributed by atoms with Crippen LogP contribution in [0.1, 0.15) is 20.3 Å². The van der Waals surface area contributed by atoms with E-state index in [1.54, 1.807) is 0 Å². The van der Waals surface area contributed by atoms with Gasteiger partial charge in [0.05, 0.1) is 0 Å². The summed E-state index contributed by atoms with van der Waals surface area (Å²) < 4.78 is 0. The summed E-state index contributed by atoms with van der Waals surface area (Å²) in [5.41, 5.74) is 5.62. The van der Waals surface area contributed by atoms with Crippen LogP contribution in [0.3, 0.4) is 0 Å². The van der Waals surface area contributed by atoms with Crippen molar-refractivity contribution in [2.75, 3.05) is 45.8 Å². The number of piperazine rings is 1. The molecule has 0 aliphatic carbocycles. The Kier molecular flexibility index (Phi) is 6.29. The maximum absolute atomic E-state index is 11.7. The molecule has 1 saturated heterocycles. The Morgan fingerprint density at radius 1 is 1.35 bits per heavy atom. The first-order valence-corrected chi connectivity index (χ1v) is 6.62. The van der Waals surface area contributed by atoms with Crippen LogP contribution < -0.4 is 11.1 Å². The van der Waals surface area contributed by atoms with Crippen LogP contribution in [0.15, 0.2) is 0 Å². The maximum Gasteiger partial charge on any atom is 0.317 e. The van der Waals surface area contributed by atoms with E-state index in [1.165, 1.54) is 0 Å². The van der Waals surface area contributed by atoms with E-state index in [-0.39, 0.29) is 6.03 Å². The van der Waals surface area contributed by atoms with Crippen molar-refractivity contribution in [1.82, 2.24) is 15.1 Å². The first-order chi connectivity index (χ1) is 8.17. The van der Waals surface area contributed by atoms with Gasteiger partial charge in [0.1, 0.15) is 0 Å². The lowest BCUT2D eigenvalue weighted by Crippen LogP contribution is -2.52. The molecule has 0 aromatic heterocycles. The second-order valence-corrected chi connectivity index (χ2v) is 4.86. The summed E-state index contributed by atoms with van der Waals surface area (Å²) in [5, 5.41) is 2.92. The molecule has 2 amide bonds. The van der Waals surface area contributed by atoms with Gasteiger partial charge in [-0.3, -0.25) is 4.90 Å². The lowest BCUT2D eigenvalue weighted by atomic mass is 10.1. The molecule has 0 aromatic rings. The Morgan fingerprint density at radius 3 is 2.53 bits per heavy atom. The average molecular weight is 242 g/mol. The number of amides is 2. The van der Waals surface area contributed by atoms with E-state index in [0.29, 0.717) is 5.92 Å². The minimum absolute atomic E-state index is 0.0818. The number of hydrogen-bond donors (Lipinski definition) is 2. The minimum atomic E-state index is 0.0818. The largest absolute Gasteiger partial charge is 0.338 e. The van der Waals surface area contributed by atoms with Crippen LogP contribution in [0.5, 0.6) is 0 Å². The van der Waals surface area contributed by atoms with E-state index in [2.05, 4.69) is 24.1 Å². The molecule has 0 aromatic carbocycles. The van der Waals surface area contributed by atoms with Gasteiger partial charge >= 0.3 is 6.03 Å². The van der Waals surface area contributed by atoms with E-state index in [1.807, 2.05) is 4.90 Å². The molecule has 5 nitrogen and oxygen atoms in total. The molecule has 0 spiro atoms. The van der Waals surface area contributed by atoms with Crippen LogP contribution in [0.2, 0.25) is 0 Å². The number of rotatable bonds is 5. The fourth-order valence-electron chi connectivity index (χ4n) is 1.99. The molecule has 0 saturated carbocycles. The second kappa shape index (κ2) is 7.50. The van der Waals surface area contributed by atoms with E-state index >= 15 is 0 Å². The summed E-state index contributed by atoms with van der Waals surface area (Å²) in [7, 11) is 0. The number of hydrogen-bond acceptors (Lipinski definition) is 3. The van der Waals surface area contributed by atoms with Crippen molar-refractivity contribution in [3.63, 3.8) is 0 Å². The highest BCUT2D eigenvalue weighted by molar-refractivity contribution is 5.74. The van der Waals surface area contributed by atoms with Crippen molar-refractivity contribution in [2.24, 2.45) is 11.7 Å². The van der Waals surface area contributed by atoms with Crippen LogP contribution in [0, 0.1) is 5.92 Å². The van der Waals surface area contributed by atoms with Gasteiger partial charge in [0.2, 0.25) is 0 Å². The first kappa shape index (κ1) is 14.3. The van der Waals surface area contributed by atoms with Crippen molar-refractivity contribution in [2.45, 2.75) is 20.3 Å². The Labute approximate surface area is 104 Å². The first-order valence-electron chi connectivity index (χ1n) is 6.62. The highest BCUT2D eigenvalue weighted by Crippen LogP contribution is 2.05. The lowest BCUT2D eigenvalue weighted by Gasteiger charge is -2.35. The highest BCUT2D eigenvalue weighted by atomic mass is 16.2. The van der Waals surface area contributed by atoms with Gasteiger partial charge in [0.25, 0.3) is 0 Å². The average Bonchev–Trinajstić information content (AvgIpc) is 2.36. The lowest BCUT2D eigenvalue weighted by molar-refractivity contribution is 0.130. The van der Waals surface area contributed by atoms with Gasteiger partial charge in [-0.2, -0.15) is 0 Å². The smallest absolute Gasteiger partial charge is 0.317 e. The van der Waals surface area contributed by atoms with E-state index in [4.69, 9.17) is 5.73 Å². The fourth-order valence-corrected chi connectivity index (χ4v) is 1.99. The highest BCUT2D eigenvalue weighted by Gasteiger charge is 2.21. The molecule has 1 atom stereocenters. The maximum atomic E-state index is 11.7. The van der Waals surface area contributed by atoms with Crippen molar-refractivity contribution >= 4 is 6.03 Å². The van der Waals surface area contributed by atoms with E-state index in [9.17, 15) is 4.79 Å². The van der Waals surface area contributed by atoms with Crippen LogP contribution in [0.25, 0.3) is 0 Å². The Balaban J connectivity index is 2.23. The fraction of sp³-hybridized carbons (Fsp3) is 0.917. The van der Waals surface area contributed by atoms with Crippen LogP contribution >= 0.6 is 0 Å². The number of nitrogens with zero attached hydrogens (tertiary/aromatic N) is 2. The number of nitrogens with two attached hydrogens (primary N) is 1. The minimum Gasteiger partial charge on any atom is -0.338 e. The summed E-state index contributed by atoms with van der Waals surface area (Å²) in [6, 6.07) is 0.0818. The third-order valence-corrected chi connectivity index (χ3v) is 3.16. The van der Waals surface area contributed by atoms with Gasteiger partial charge < -0.3 is 16.0 Å². The van der Waals surface area contributed by atoms with Crippen LogP contribution in [0.4, 0.5) is 4.79 Å². The molecule has 1 fully saturated rings. The summed E-state index contributed by atoms with van der Waals surface area (Å²) in [6.45, 7) is 10.3. The zero-order chi connectivity index (χ0) is 12.7. The predicted molar refractivity (Wildman–Crippen MR) is 69.9 cm³/mol. The SMILES string of the molecule is CCCNC(=O)N1CCN(CC(C)CN)CC1. The number of nitrogens with one attached hydrogen (secondary N) is 1. The van der Waals surface area contributed by atoms with Crippen LogP contribution in [-0.2, 0) is 0 Å². The molecule has 1 rings (SSSR count). The molecular formula is C12H26N4O. The number of urea groups is 1. The van der Waals surface area contributed by atoms with E-state index < -0.39 is 0 Å².